The highest BCUT2D eigenvalue weighted by Gasteiger charge is 2.09. The van der Waals surface area contributed by atoms with Crippen LogP contribution < -0.4 is 16.8 Å². The van der Waals surface area contributed by atoms with Crippen molar-refractivity contribution < 1.29 is 9.18 Å². The van der Waals surface area contributed by atoms with Crippen LogP contribution in [0.25, 0.3) is 0 Å². The van der Waals surface area contributed by atoms with Crippen LogP contribution in [0.3, 0.4) is 0 Å². The van der Waals surface area contributed by atoms with E-state index in [4.69, 9.17) is 11.5 Å². The number of nitrogen functional groups attached to an aromatic ring is 2. The van der Waals surface area contributed by atoms with Crippen LogP contribution in [-0.2, 0) is 6.54 Å². The molecule has 0 aliphatic rings. The smallest absolute Gasteiger partial charge is 0.251 e. The van der Waals surface area contributed by atoms with Gasteiger partial charge in [0.15, 0.2) is 0 Å². The number of halogens is 1. The standard InChI is InChI=1S/C16H18FN3O/c1-9-3-11(4-10(2)15(9)17)8-20-16(21)12-5-13(18)7-14(19)6-12/h3-7H,8,18-19H2,1-2H3,(H,20,21). The quantitative estimate of drug-likeness (QED) is 0.759. The molecule has 2 rings (SSSR count). The van der Waals surface area contributed by atoms with Crippen molar-refractivity contribution >= 4 is 17.3 Å². The fourth-order valence-electron chi connectivity index (χ4n) is 2.23. The number of amides is 1. The summed E-state index contributed by atoms with van der Waals surface area (Å²) >= 11 is 0. The molecule has 4 nitrogen and oxygen atoms in total. The van der Waals surface area contributed by atoms with Gasteiger partial charge < -0.3 is 16.8 Å². The first-order valence-corrected chi connectivity index (χ1v) is 6.56. The Morgan fingerprint density at radius 2 is 1.57 bits per heavy atom. The van der Waals surface area contributed by atoms with Gasteiger partial charge in [-0.2, -0.15) is 0 Å². The molecule has 21 heavy (non-hydrogen) atoms. The minimum absolute atomic E-state index is 0.214. The van der Waals surface area contributed by atoms with Crippen molar-refractivity contribution in [1.29, 1.82) is 0 Å². The van der Waals surface area contributed by atoms with Crippen LogP contribution in [0.1, 0.15) is 27.0 Å². The van der Waals surface area contributed by atoms with E-state index in [0.29, 0.717) is 34.6 Å². The summed E-state index contributed by atoms with van der Waals surface area (Å²) < 4.78 is 13.5. The number of nitrogens with two attached hydrogens (primary N) is 2. The molecule has 5 N–H and O–H groups in total. The Labute approximate surface area is 123 Å². The van der Waals surface area contributed by atoms with Crippen molar-refractivity contribution in [3.8, 4) is 0 Å². The molecular formula is C16H18FN3O. The lowest BCUT2D eigenvalue weighted by Crippen LogP contribution is -2.23. The van der Waals surface area contributed by atoms with Crippen molar-refractivity contribution in [1.82, 2.24) is 5.32 Å². The van der Waals surface area contributed by atoms with Gasteiger partial charge in [-0.15, -0.1) is 0 Å². The predicted molar refractivity (Wildman–Crippen MR) is 82.3 cm³/mol. The maximum absolute atomic E-state index is 13.5. The SMILES string of the molecule is Cc1cc(CNC(=O)c2cc(N)cc(N)c2)cc(C)c1F. The highest BCUT2D eigenvalue weighted by atomic mass is 19.1. The predicted octanol–water partition coefficient (Wildman–Crippen LogP) is 2.54. The summed E-state index contributed by atoms with van der Waals surface area (Å²) in [5.41, 5.74) is 14.6. The van der Waals surface area contributed by atoms with Crippen LogP contribution in [0.4, 0.5) is 15.8 Å². The summed E-state index contributed by atoms with van der Waals surface area (Å²) in [5.74, 6) is -0.484. The maximum Gasteiger partial charge on any atom is 0.251 e. The fraction of sp³-hybridized carbons (Fsp3) is 0.188. The average Bonchev–Trinajstić information content (AvgIpc) is 2.40. The van der Waals surface area contributed by atoms with E-state index in [9.17, 15) is 9.18 Å². The van der Waals surface area contributed by atoms with Crippen LogP contribution in [0, 0.1) is 19.7 Å². The summed E-state index contributed by atoms with van der Waals surface area (Å²) in [6.07, 6.45) is 0. The molecular weight excluding hydrogens is 269 g/mol. The van der Waals surface area contributed by atoms with Crippen molar-refractivity contribution in [3.05, 3.63) is 58.4 Å². The van der Waals surface area contributed by atoms with Gasteiger partial charge in [0.05, 0.1) is 0 Å². The van der Waals surface area contributed by atoms with E-state index >= 15 is 0 Å². The largest absolute Gasteiger partial charge is 0.399 e. The van der Waals surface area contributed by atoms with E-state index in [0.717, 1.165) is 5.56 Å². The molecule has 0 unspecified atom stereocenters. The third-order valence-corrected chi connectivity index (χ3v) is 3.19. The Morgan fingerprint density at radius 1 is 1.05 bits per heavy atom. The van der Waals surface area contributed by atoms with Gasteiger partial charge in [0, 0.05) is 23.5 Å². The van der Waals surface area contributed by atoms with Gasteiger partial charge in [-0.25, -0.2) is 4.39 Å². The molecule has 110 valence electrons. The highest BCUT2D eigenvalue weighted by Crippen LogP contribution is 2.16. The second-order valence-corrected chi connectivity index (χ2v) is 5.11. The molecule has 0 saturated heterocycles. The highest BCUT2D eigenvalue weighted by molar-refractivity contribution is 5.96. The molecule has 0 radical (unpaired) electrons. The van der Waals surface area contributed by atoms with Crippen LogP contribution in [-0.4, -0.2) is 5.91 Å². The number of carbonyl (C=O) groups excluding carboxylic acids is 1. The van der Waals surface area contributed by atoms with Crippen LogP contribution in [0.15, 0.2) is 30.3 Å². The number of benzene rings is 2. The van der Waals surface area contributed by atoms with Gasteiger partial charge in [-0.1, -0.05) is 12.1 Å². The Morgan fingerprint density at radius 3 is 2.10 bits per heavy atom. The fourth-order valence-corrected chi connectivity index (χ4v) is 2.23. The molecule has 2 aromatic carbocycles. The molecule has 0 spiro atoms. The number of nitrogens with one attached hydrogen (secondary N) is 1. The number of rotatable bonds is 3. The number of anilines is 2. The van der Waals surface area contributed by atoms with Crippen molar-refractivity contribution in [2.75, 3.05) is 11.5 Å². The second-order valence-electron chi connectivity index (χ2n) is 5.11. The van der Waals surface area contributed by atoms with E-state index < -0.39 is 0 Å². The molecule has 0 aliphatic carbocycles. The lowest BCUT2D eigenvalue weighted by atomic mass is 10.1. The molecule has 0 aliphatic heterocycles. The minimum Gasteiger partial charge on any atom is -0.399 e. The molecule has 2 aromatic rings. The third kappa shape index (κ3) is 3.51. The van der Waals surface area contributed by atoms with E-state index in [-0.39, 0.29) is 11.7 Å². The summed E-state index contributed by atoms with van der Waals surface area (Å²) in [6.45, 7) is 3.72. The number of hydrogen-bond donors (Lipinski definition) is 3. The second kappa shape index (κ2) is 5.83. The summed E-state index contributed by atoms with van der Waals surface area (Å²) in [4.78, 5) is 12.1. The van der Waals surface area contributed by atoms with Gasteiger partial charge in [0.2, 0.25) is 0 Å². The first-order valence-electron chi connectivity index (χ1n) is 6.56. The maximum atomic E-state index is 13.5. The summed E-state index contributed by atoms with van der Waals surface area (Å²) in [5, 5.41) is 2.77. The summed E-state index contributed by atoms with van der Waals surface area (Å²) in [6, 6.07) is 8.15. The zero-order chi connectivity index (χ0) is 15.6. The van der Waals surface area contributed by atoms with Crippen molar-refractivity contribution in [2.45, 2.75) is 20.4 Å². The Bertz CT molecular complexity index is 655. The van der Waals surface area contributed by atoms with E-state index in [1.165, 1.54) is 0 Å². The van der Waals surface area contributed by atoms with E-state index in [2.05, 4.69) is 5.32 Å². The zero-order valence-corrected chi connectivity index (χ0v) is 12.0. The lowest BCUT2D eigenvalue weighted by molar-refractivity contribution is 0.0951. The molecule has 0 fully saturated rings. The van der Waals surface area contributed by atoms with Crippen molar-refractivity contribution in [2.24, 2.45) is 0 Å². The molecule has 0 heterocycles. The first-order chi connectivity index (χ1) is 9.86. The van der Waals surface area contributed by atoms with Gasteiger partial charge in [-0.3, -0.25) is 4.79 Å². The van der Waals surface area contributed by atoms with E-state index in [1.807, 2.05) is 0 Å². The van der Waals surface area contributed by atoms with Crippen molar-refractivity contribution in [3.63, 3.8) is 0 Å². The monoisotopic (exact) mass is 287 g/mol. The molecule has 0 aromatic heterocycles. The molecule has 0 atom stereocenters. The average molecular weight is 287 g/mol. The molecule has 5 heteroatoms. The van der Waals surface area contributed by atoms with Crippen LogP contribution >= 0.6 is 0 Å². The summed E-state index contributed by atoms with van der Waals surface area (Å²) in [7, 11) is 0. The molecule has 1 amide bonds. The molecule has 0 bridgehead atoms. The zero-order valence-electron chi connectivity index (χ0n) is 12.0. The lowest BCUT2D eigenvalue weighted by Gasteiger charge is -2.09. The van der Waals surface area contributed by atoms with Gasteiger partial charge >= 0.3 is 0 Å². The molecule has 0 saturated carbocycles. The minimum atomic E-state index is -0.270. The Hall–Kier alpha value is -2.56. The number of aryl methyl sites for hydroxylation is 2. The topological polar surface area (TPSA) is 81.1 Å². The van der Waals surface area contributed by atoms with Gasteiger partial charge in [0.25, 0.3) is 5.91 Å². The normalized spacial score (nSPS) is 10.4. The third-order valence-electron chi connectivity index (χ3n) is 3.19. The van der Waals surface area contributed by atoms with E-state index in [1.54, 1.807) is 44.2 Å². The number of carbonyl (C=O) groups is 1. The number of hydrogen-bond acceptors (Lipinski definition) is 3. The van der Waals surface area contributed by atoms with Gasteiger partial charge in [0.1, 0.15) is 5.82 Å². The first kappa shape index (κ1) is 14.8. The van der Waals surface area contributed by atoms with Crippen LogP contribution in [0.5, 0.6) is 0 Å². The Balaban J connectivity index is 2.11. The van der Waals surface area contributed by atoms with Crippen LogP contribution in [0.2, 0.25) is 0 Å². The van der Waals surface area contributed by atoms with Gasteiger partial charge in [-0.05, 0) is 48.7 Å². The Kier molecular flexibility index (Phi) is 4.12.